The van der Waals surface area contributed by atoms with Crippen LogP contribution in [0.5, 0.6) is 0 Å². The zero-order valence-electron chi connectivity index (χ0n) is 8.24. The van der Waals surface area contributed by atoms with Crippen LogP contribution in [0.3, 0.4) is 0 Å². The van der Waals surface area contributed by atoms with E-state index in [0.29, 0.717) is 12.0 Å². The van der Waals surface area contributed by atoms with Gasteiger partial charge in [-0.1, -0.05) is 25.1 Å². The van der Waals surface area contributed by atoms with Gasteiger partial charge in [0.05, 0.1) is 6.10 Å². The first-order valence-corrected chi connectivity index (χ1v) is 5.91. The van der Waals surface area contributed by atoms with Crippen molar-refractivity contribution in [2.45, 2.75) is 19.4 Å². The van der Waals surface area contributed by atoms with Gasteiger partial charge < -0.3 is 5.11 Å². The van der Waals surface area contributed by atoms with Gasteiger partial charge in [0.15, 0.2) is 0 Å². The van der Waals surface area contributed by atoms with E-state index in [1.54, 1.807) is 30.0 Å². The fourth-order valence-corrected chi connectivity index (χ4v) is 1.92. The molecule has 0 spiro atoms. The minimum Gasteiger partial charge on any atom is -0.388 e. The lowest BCUT2D eigenvalue weighted by Gasteiger charge is -2.10. The Bertz CT molecular complexity index is 278. The molecule has 1 nitrogen and oxygen atoms in total. The topological polar surface area (TPSA) is 20.2 Å². The number of halogens is 1. The second kappa shape index (κ2) is 6.04. The van der Waals surface area contributed by atoms with Crippen LogP contribution in [0.1, 0.15) is 25.0 Å². The molecule has 1 aromatic rings. The first-order chi connectivity index (χ1) is 6.75. The molecule has 0 aromatic heterocycles. The highest BCUT2D eigenvalue weighted by atomic mass is 32.2. The molecule has 0 saturated carbocycles. The zero-order valence-corrected chi connectivity index (χ0v) is 9.06. The minimum atomic E-state index is -0.671. The Morgan fingerprint density at radius 3 is 2.79 bits per heavy atom. The summed E-state index contributed by atoms with van der Waals surface area (Å²) < 4.78 is 13.2. The maximum absolute atomic E-state index is 13.2. The molecule has 1 aromatic carbocycles. The molecule has 3 heteroatoms. The molecule has 1 unspecified atom stereocenters. The molecule has 78 valence electrons. The largest absolute Gasteiger partial charge is 0.388 e. The van der Waals surface area contributed by atoms with E-state index in [4.69, 9.17) is 0 Å². The number of aliphatic hydroxyl groups excluding tert-OH is 1. The van der Waals surface area contributed by atoms with E-state index < -0.39 is 6.10 Å². The van der Waals surface area contributed by atoms with Gasteiger partial charge >= 0.3 is 0 Å². The van der Waals surface area contributed by atoms with E-state index in [0.717, 1.165) is 11.5 Å². The Hall–Kier alpha value is -0.540. The number of aliphatic hydroxyl groups is 1. The van der Waals surface area contributed by atoms with Crippen LogP contribution in [0.2, 0.25) is 0 Å². The summed E-state index contributed by atoms with van der Waals surface area (Å²) in [5.74, 6) is 1.58. The predicted molar refractivity (Wildman–Crippen MR) is 59.0 cm³/mol. The minimum absolute atomic E-state index is 0.318. The molecule has 0 bridgehead atoms. The average Bonchev–Trinajstić information content (AvgIpc) is 2.18. The van der Waals surface area contributed by atoms with E-state index in [2.05, 4.69) is 6.92 Å². The van der Waals surface area contributed by atoms with Crippen LogP contribution in [0.4, 0.5) is 4.39 Å². The molecule has 1 N–H and O–H groups in total. The van der Waals surface area contributed by atoms with Crippen molar-refractivity contribution in [1.82, 2.24) is 0 Å². The number of thioether (sulfide) groups is 1. The summed E-state index contributed by atoms with van der Waals surface area (Å²) in [5, 5.41) is 9.67. The maximum Gasteiger partial charge on any atom is 0.128 e. The third-order valence-electron chi connectivity index (χ3n) is 2.00. The highest BCUT2D eigenvalue weighted by molar-refractivity contribution is 7.99. The number of hydrogen-bond donors (Lipinski definition) is 1. The lowest BCUT2D eigenvalue weighted by atomic mass is 10.1. The van der Waals surface area contributed by atoms with Crippen LogP contribution < -0.4 is 0 Å². The van der Waals surface area contributed by atoms with Crippen LogP contribution in [0, 0.1) is 5.82 Å². The fourth-order valence-electron chi connectivity index (χ4n) is 1.24. The first-order valence-electron chi connectivity index (χ1n) is 4.76. The van der Waals surface area contributed by atoms with E-state index in [1.165, 1.54) is 6.07 Å². The van der Waals surface area contributed by atoms with Crippen LogP contribution in [-0.4, -0.2) is 16.6 Å². The third kappa shape index (κ3) is 3.31. The van der Waals surface area contributed by atoms with E-state index in [-0.39, 0.29) is 5.82 Å². The lowest BCUT2D eigenvalue weighted by Crippen LogP contribution is -2.01. The van der Waals surface area contributed by atoms with E-state index >= 15 is 0 Å². The second-order valence-electron chi connectivity index (χ2n) is 3.02. The molecule has 1 atom stereocenters. The Balaban J connectivity index is 2.51. The molecule has 0 saturated heterocycles. The summed E-state index contributed by atoms with van der Waals surface area (Å²) in [6.07, 6.45) is -0.0605. The fraction of sp³-hybridized carbons (Fsp3) is 0.455. The van der Waals surface area contributed by atoms with Crippen molar-refractivity contribution < 1.29 is 9.50 Å². The summed E-state index contributed by atoms with van der Waals surface area (Å²) in [4.78, 5) is 0. The lowest BCUT2D eigenvalue weighted by molar-refractivity contribution is 0.170. The van der Waals surface area contributed by atoms with Crippen LogP contribution in [0.15, 0.2) is 24.3 Å². The second-order valence-corrected chi connectivity index (χ2v) is 4.42. The van der Waals surface area contributed by atoms with Gasteiger partial charge in [0.2, 0.25) is 0 Å². The summed E-state index contributed by atoms with van der Waals surface area (Å²) in [6, 6.07) is 6.39. The molecule has 0 aliphatic carbocycles. The van der Waals surface area contributed by atoms with E-state index in [1.807, 2.05) is 0 Å². The molecular formula is C11H15FOS. The smallest absolute Gasteiger partial charge is 0.128 e. The van der Waals surface area contributed by atoms with Crippen LogP contribution >= 0.6 is 11.8 Å². The molecular weight excluding hydrogens is 199 g/mol. The van der Waals surface area contributed by atoms with Gasteiger partial charge in [-0.3, -0.25) is 0 Å². The Morgan fingerprint density at radius 1 is 1.43 bits per heavy atom. The Labute approximate surface area is 88.3 Å². The molecule has 0 heterocycles. The van der Waals surface area contributed by atoms with Crippen molar-refractivity contribution >= 4 is 11.8 Å². The molecule has 0 amide bonds. The summed E-state index contributed by atoms with van der Waals surface area (Å²) >= 11 is 1.75. The molecule has 0 aliphatic rings. The first kappa shape index (κ1) is 11.5. The van der Waals surface area contributed by atoms with Gasteiger partial charge in [0.1, 0.15) is 5.82 Å². The van der Waals surface area contributed by atoms with Gasteiger partial charge in [-0.15, -0.1) is 0 Å². The van der Waals surface area contributed by atoms with Gasteiger partial charge in [-0.25, -0.2) is 4.39 Å². The van der Waals surface area contributed by atoms with Crippen molar-refractivity contribution in [3.63, 3.8) is 0 Å². The summed E-state index contributed by atoms with van der Waals surface area (Å²) in [6.45, 7) is 2.07. The van der Waals surface area contributed by atoms with Crippen LogP contribution in [0.25, 0.3) is 0 Å². The van der Waals surface area contributed by atoms with Crippen molar-refractivity contribution in [1.29, 1.82) is 0 Å². The standard InChI is InChI=1S/C11H15FOS/c1-2-14-8-7-11(13)9-5-3-4-6-10(9)12/h3-6,11,13H,2,7-8H2,1H3. The van der Waals surface area contributed by atoms with Gasteiger partial charge in [0.25, 0.3) is 0 Å². The van der Waals surface area contributed by atoms with Gasteiger partial charge in [-0.2, -0.15) is 11.8 Å². The maximum atomic E-state index is 13.2. The van der Waals surface area contributed by atoms with Crippen LogP contribution in [-0.2, 0) is 0 Å². The molecule has 0 fully saturated rings. The highest BCUT2D eigenvalue weighted by Crippen LogP contribution is 2.21. The quantitative estimate of drug-likeness (QED) is 0.760. The summed E-state index contributed by atoms with van der Waals surface area (Å²) in [5.41, 5.74) is 0.407. The zero-order chi connectivity index (χ0) is 10.4. The predicted octanol–water partition coefficient (Wildman–Crippen LogP) is 3.00. The highest BCUT2D eigenvalue weighted by Gasteiger charge is 2.10. The number of benzene rings is 1. The van der Waals surface area contributed by atoms with Crippen molar-refractivity contribution in [3.05, 3.63) is 35.6 Å². The third-order valence-corrected chi connectivity index (χ3v) is 2.94. The molecule has 0 aliphatic heterocycles. The van der Waals surface area contributed by atoms with Crippen molar-refractivity contribution in [2.24, 2.45) is 0 Å². The van der Waals surface area contributed by atoms with Crippen molar-refractivity contribution in [3.8, 4) is 0 Å². The number of rotatable bonds is 5. The Kier molecular flexibility index (Phi) is 4.98. The Morgan fingerprint density at radius 2 is 2.14 bits per heavy atom. The molecule has 0 radical (unpaired) electrons. The number of hydrogen-bond acceptors (Lipinski definition) is 2. The monoisotopic (exact) mass is 214 g/mol. The van der Waals surface area contributed by atoms with E-state index in [9.17, 15) is 9.50 Å². The average molecular weight is 214 g/mol. The van der Waals surface area contributed by atoms with Crippen molar-refractivity contribution in [2.75, 3.05) is 11.5 Å². The molecule has 14 heavy (non-hydrogen) atoms. The molecule has 1 rings (SSSR count). The SMILES string of the molecule is CCSCCC(O)c1ccccc1F. The normalized spacial score (nSPS) is 12.8. The van der Waals surface area contributed by atoms with Gasteiger partial charge in [0, 0.05) is 5.56 Å². The summed E-state index contributed by atoms with van der Waals surface area (Å²) in [7, 11) is 0. The van der Waals surface area contributed by atoms with Gasteiger partial charge in [-0.05, 0) is 24.0 Å².